The summed E-state index contributed by atoms with van der Waals surface area (Å²) in [6, 6.07) is 0. The molecule has 0 spiro atoms. The van der Waals surface area contributed by atoms with Crippen molar-refractivity contribution in [2.45, 2.75) is 60.0 Å². The molecule has 1 aliphatic heterocycles. The number of carbonyl (C=O) groups is 2. The van der Waals surface area contributed by atoms with Gasteiger partial charge in [0.2, 0.25) is 5.78 Å². The Balaban J connectivity index is 2.46. The molecule has 0 aromatic carbocycles. The van der Waals surface area contributed by atoms with Gasteiger partial charge in [0.15, 0.2) is 11.5 Å². The third-order valence-electron chi connectivity index (χ3n) is 4.81. The van der Waals surface area contributed by atoms with Crippen LogP contribution in [0.4, 0.5) is 0 Å². The Morgan fingerprint density at radius 1 is 1.42 bits per heavy atom. The van der Waals surface area contributed by atoms with Gasteiger partial charge in [-0.2, -0.15) is 0 Å². The van der Waals surface area contributed by atoms with Crippen molar-refractivity contribution in [1.29, 1.82) is 0 Å². The molecule has 24 heavy (non-hydrogen) atoms. The van der Waals surface area contributed by atoms with Crippen molar-refractivity contribution < 1.29 is 19.1 Å². The molecule has 0 saturated heterocycles. The van der Waals surface area contributed by atoms with Crippen LogP contribution in [0.1, 0.15) is 53.9 Å². The summed E-state index contributed by atoms with van der Waals surface area (Å²) in [7, 11) is 0. The van der Waals surface area contributed by atoms with Crippen LogP contribution in [0.2, 0.25) is 0 Å². The molecular weight excluding hydrogens is 304 g/mol. The minimum atomic E-state index is -0.835. The number of fused-ring (bicyclic) bond motifs is 1. The summed E-state index contributed by atoms with van der Waals surface area (Å²) in [6.45, 7) is 10.3. The van der Waals surface area contributed by atoms with Gasteiger partial charge in [0.05, 0.1) is 18.4 Å². The minimum absolute atomic E-state index is 0.0373. The molecule has 0 aromatic heterocycles. The lowest BCUT2D eigenvalue weighted by Crippen LogP contribution is -2.36. The molecule has 3 unspecified atom stereocenters. The normalized spacial score (nSPS) is 26.2. The van der Waals surface area contributed by atoms with E-state index in [0.717, 1.165) is 18.4 Å². The lowest BCUT2D eigenvalue weighted by molar-refractivity contribution is -0.126. The van der Waals surface area contributed by atoms with Gasteiger partial charge in [0.25, 0.3) is 0 Å². The highest BCUT2D eigenvalue weighted by Gasteiger charge is 2.59. The Hall–Kier alpha value is -1.84. The number of ether oxygens (including phenoxy) is 2. The fourth-order valence-corrected chi connectivity index (χ4v) is 3.10. The maximum Gasteiger partial charge on any atom is 0.212 e. The number of Topliss-reactive ketones (excluding diaryl/α,β-unsaturated/α-hetero) is 2. The maximum absolute atomic E-state index is 13.2. The van der Waals surface area contributed by atoms with E-state index in [-0.39, 0.29) is 23.2 Å². The highest BCUT2D eigenvalue weighted by molar-refractivity contribution is 6.14. The van der Waals surface area contributed by atoms with Crippen LogP contribution in [-0.2, 0) is 19.1 Å². The van der Waals surface area contributed by atoms with Gasteiger partial charge < -0.3 is 9.47 Å². The molecule has 132 valence electrons. The third kappa shape index (κ3) is 3.06. The van der Waals surface area contributed by atoms with Crippen molar-refractivity contribution in [2.75, 3.05) is 6.61 Å². The average molecular weight is 332 g/mol. The van der Waals surface area contributed by atoms with Crippen molar-refractivity contribution in [3.63, 3.8) is 0 Å². The zero-order valence-electron chi connectivity index (χ0n) is 15.3. The van der Waals surface area contributed by atoms with Crippen molar-refractivity contribution >= 4 is 11.6 Å². The van der Waals surface area contributed by atoms with E-state index in [2.05, 4.69) is 0 Å². The van der Waals surface area contributed by atoms with Crippen molar-refractivity contribution in [3.8, 4) is 0 Å². The van der Waals surface area contributed by atoms with Crippen LogP contribution in [0.25, 0.3) is 0 Å². The van der Waals surface area contributed by atoms with Gasteiger partial charge in [0.1, 0.15) is 11.5 Å². The first-order valence-corrected chi connectivity index (χ1v) is 8.81. The number of hydrogen-bond acceptors (Lipinski definition) is 4. The van der Waals surface area contributed by atoms with Crippen molar-refractivity contribution in [2.24, 2.45) is 11.3 Å². The maximum atomic E-state index is 13.2. The third-order valence-corrected chi connectivity index (χ3v) is 4.81. The van der Waals surface area contributed by atoms with E-state index in [4.69, 9.17) is 9.47 Å². The zero-order valence-corrected chi connectivity index (χ0v) is 15.3. The second kappa shape index (κ2) is 7.37. The molecule has 4 heteroatoms. The number of hydrogen-bond donors (Lipinski definition) is 0. The van der Waals surface area contributed by atoms with E-state index in [9.17, 15) is 9.59 Å². The lowest BCUT2D eigenvalue weighted by atomic mass is 9.77. The van der Waals surface area contributed by atoms with Crippen LogP contribution < -0.4 is 0 Å². The molecule has 1 aliphatic carbocycles. The largest absolute Gasteiger partial charge is 0.492 e. The van der Waals surface area contributed by atoms with Crippen LogP contribution >= 0.6 is 0 Å². The molecule has 2 rings (SSSR count). The number of ketones is 2. The van der Waals surface area contributed by atoms with Crippen LogP contribution in [0.3, 0.4) is 0 Å². The highest BCUT2D eigenvalue weighted by atomic mass is 16.5. The number of carbonyl (C=O) groups excluding carboxylic acids is 2. The first-order valence-electron chi connectivity index (χ1n) is 8.81. The van der Waals surface area contributed by atoms with E-state index in [1.807, 2.05) is 40.7 Å². The molecular formula is C20H28O4. The highest BCUT2D eigenvalue weighted by Crippen LogP contribution is 2.49. The van der Waals surface area contributed by atoms with Gasteiger partial charge in [-0.05, 0) is 39.2 Å². The molecule has 0 fully saturated rings. The SMILES string of the molecule is CCCOC1=C(C(=O)C(C)CC)C2OC=CC2(CC=C(C)C)C1=O. The van der Waals surface area contributed by atoms with Gasteiger partial charge in [-0.15, -0.1) is 0 Å². The molecule has 0 aromatic rings. The Bertz CT molecular complexity index is 607. The molecule has 1 heterocycles. The summed E-state index contributed by atoms with van der Waals surface area (Å²) in [5.41, 5.74) is 0.725. The second-order valence-electron chi connectivity index (χ2n) is 6.94. The summed E-state index contributed by atoms with van der Waals surface area (Å²) in [6.07, 6.45) is 6.84. The topological polar surface area (TPSA) is 52.6 Å². The average Bonchev–Trinajstić information content (AvgIpc) is 3.07. The number of allylic oxidation sites excluding steroid dienone is 3. The lowest BCUT2D eigenvalue weighted by Gasteiger charge is -2.25. The molecule has 4 nitrogen and oxygen atoms in total. The molecule has 0 N–H and O–H groups in total. The predicted molar refractivity (Wildman–Crippen MR) is 93.2 cm³/mol. The summed E-state index contributed by atoms with van der Waals surface area (Å²) in [5.74, 6) is -0.0984. The smallest absolute Gasteiger partial charge is 0.212 e. The molecule has 0 amide bonds. The van der Waals surface area contributed by atoms with Crippen LogP contribution in [0, 0.1) is 11.3 Å². The molecule has 0 radical (unpaired) electrons. The van der Waals surface area contributed by atoms with E-state index >= 15 is 0 Å². The Labute approximate surface area is 144 Å². The van der Waals surface area contributed by atoms with E-state index < -0.39 is 11.5 Å². The number of rotatable bonds is 8. The van der Waals surface area contributed by atoms with Gasteiger partial charge in [-0.25, -0.2) is 0 Å². The van der Waals surface area contributed by atoms with Crippen LogP contribution in [-0.4, -0.2) is 24.3 Å². The van der Waals surface area contributed by atoms with E-state index in [1.165, 1.54) is 0 Å². The summed E-state index contributed by atoms with van der Waals surface area (Å²) < 4.78 is 11.5. The molecule has 2 aliphatic rings. The molecule has 3 atom stereocenters. The monoisotopic (exact) mass is 332 g/mol. The first kappa shape index (κ1) is 18.5. The fourth-order valence-electron chi connectivity index (χ4n) is 3.10. The molecule has 0 bridgehead atoms. The zero-order chi connectivity index (χ0) is 17.9. The minimum Gasteiger partial charge on any atom is -0.492 e. The van der Waals surface area contributed by atoms with E-state index in [1.54, 1.807) is 12.3 Å². The van der Waals surface area contributed by atoms with Gasteiger partial charge in [-0.1, -0.05) is 32.4 Å². The Morgan fingerprint density at radius 2 is 2.12 bits per heavy atom. The summed E-state index contributed by atoms with van der Waals surface area (Å²) in [5, 5.41) is 0. The Kier molecular flexibility index (Phi) is 5.68. The predicted octanol–water partition coefficient (Wildman–Crippen LogP) is 4.12. The van der Waals surface area contributed by atoms with Gasteiger partial charge in [-0.3, -0.25) is 9.59 Å². The van der Waals surface area contributed by atoms with Crippen LogP contribution in [0.15, 0.2) is 35.3 Å². The molecule has 0 saturated carbocycles. The first-order chi connectivity index (χ1) is 11.4. The fraction of sp³-hybridized carbons (Fsp3) is 0.600. The summed E-state index contributed by atoms with van der Waals surface area (Å²) >= 11 is 0. The summed E-state index contributed by atoms with van der Waals surface area (Å²) in [4.78, 5) is 26.1. The van der Waals surface area contributed by atoms with Crippen LogP contribution in [0.5, 0.6) is 0 Å². The van der Waals surface area contributed by atoms with Crippen molar-refractivity contribution in [1.82, 2.24) is 0 Å². The quantitative estimate of drug-likeness (QED) is 0.627. The second-order valence-corrected chi connectivity index (χ2v) is 6.94. The van der Waals surface area contributed by atoms with Gasteiger partial charge >= 0.3 is 0 Å². The standard InChI is InChI=1S/C20H28O4/c1-6-11-23-17-15(16(21)14(5)7-2)19-20(18(17)22,10-12-24-19)9-8-13(3)4/h8,10,12,14,19H,6-7,9,11H2,1-5H3. The Morgan fingerprint density at radius 3 is 2.71 bits per heavy atom. The van der Waals surface area contributed by atoms with E-state index in [0.29, 0.717) is 18.6 Å². The van der Waals surface area contributed by atoms with Crippen molar-refractivity contribution in [3.05, 3.63) is 35.3 Å². The van der Waals surface area contributed by atoms with Gasteiger partial charge in [0, 0.05) is 5.92 Å².